The Morgan fingerprint density at radius 2 is 2.00 bits per heavy atom. The van der Waals surface area contributed by atoms with Crippen molar-refractivity contribution in [2.24, 2.45) is 5.73 Å². The number of carbonyl (C=O) groups is 1. The van der Waals surface area contributed by atoms with E-state index < -0.39 is 5.91 Å². The fourth-order valence-electron chi connectivity index (χ4n) is 1.55. The largest absolute Gasteiger partial charge is 0.489 e. The summed E-state index contributed by atoms with van der Waals surface area (Å²) in [5.74, 6) is -0.413. The van der Waals surface area contributed by atoms with Crippen molar-refractivity contribution in [2.75, 3.05) is 39.3 Å². The number of amides is 1. The van der Waals surface area contributed by atoms with E-state index >= 15 is 0 Å². The molecule has 0 bridgehead atoms. The van der Waals surface area contributed by atoms with Crippen molar-refractivity contribution in [3.8, 4) is 5.75 Å². The highest BCUT2D eigenvalue weighted by Gasteiger charge is 2.14. The van der Waals surface area contributed by atoms with Crippen LogP contribution in [0.15, 0.2) is 12.1 Å². The lowest BCUT2D eigenvalue weighted by atomic mass is 10.1. The minimum Gasteiger partial charge on any atom is -0.489 e. The molecule has 1 aromatic carbocycles. The molecule has 0 aromatic heterocycles. The molecule has 0 heterocycles. The number of hydrogen-bond acceptors (Lipinski definition) is 5. The monoisotopic (exact) mass is 302 g/mol. The Hall–Kier alpha value is -1.50. The predicted molar refractivity (Wildman–Crippen MR) is 77.2 cm³/mol. The van der Waals surface area contributed by atoms with Crippen LogP contribution >= 0.6 is 11.6 Å². The number of nitrogens with two attached hydrogens (primary N) is 2. The number of carbonyl (C=O) groups excluding carboxylic acids is 1. The highest BCUT2D eigenvalue weighted by Crippen LogP contribution is 2.31. The standard InChI is InChI=1S/C13H19ClN2O4/c1-18-3-2-4-19-5-6-20-12-10(13(16)17)7-9(15)8-11(12)14/h7-8H,2-6,15H2,1H3,(H2,16,17). The maximum Gasteiger partial charge on any atom is 0.252 e. The number of ether oxygens (including phenoxy) is 3. The lowest BCUT2D eigenvalue weighted by Crippen LogP contribution is -2.16. The molecule has 1 aromatic rings. The zero-order valence-corrected chi connectivity index (χ0v) is 12.1. The summed E-state index contributed by atoms with van der Waals surface area (Å²) in [5.41, 5.74) is 11.4. The summed E-state index contributed by atoms with van der Waals surface area (Å²) in [6.45, 7) is 1.87. The van der Waals surface area contributed by atoms with Crippen molar-refractivity contribution in [3.63, 3.8) is 0 Å². The van der Waals surface area contributed by atoms with E-state index in [9.17, 15) is 4.79 Å². The molecule has 6 nitrogen and oxygen atoms in total. The van der Waals surface area contributed by atoms with Gasteiger partial charge in [0.05, 0.1) is 17.2 Å². The predicted octanol–water partition coefficient (Wildman–Crippen LogP) is 1.45. The summed E-state index contributed by atoms with van der Waals surface area (Å²) in [7, 11) is 1.64. The number of benzene rings is 1. The summed E-state index contributed by atoms with van der Waals surface area (Å²) >= 11 is 5.99. The number of methoxy groups -OCH3 is 1. The van der Waals surface area contributed by atoms with Gasteiger partial charge in [-0.3, -0.25) is 4.79 Å². The number of anilines is 1. The van der Waals surface area contributed by atoms with Gasteiger partial charge in [-0.05, 0) is 18.6 Å². The van der Waals surface area contributed by atoms with Crippen LogP contribution in [0.4, 0.5) is 5.69 Å². The number of rotatable bonds is 9. The van der Waals surface area contributed by atoms with Crippen molar-refractivity contribution in [3.05, 3.63) is 22.7 Å². The zero-order chi connectivity index (χ0) is 15.0. The minimum atomic E-state index is -0.643. The van der Waals surface area contributed by atoms with Gasteiger partial charge in [0.2, 0.25) is 0 Å². The van der Waals surface area contributed by atoms with E-state index in [1.807, 2.05) is 0 Å². The molecule has 112 valence electrons. The summed E-state index contributed by atoms with van der Waals surface area (Å²) in [4.78, 5) is 11.3. The zero-order valence-electron chi connectivity index (χ0n) is 11.4. The van der Waals surface area contributed by atoms with E-state index in [-0.39, 0.29) is 22.9 Å². The van der Waals surface area contributed by atoms with Crippen molar-refractivity contribution in [1.82, 2.24) is 0 Å². The molecule has 0 saturated carbocycles. The molecule has 0 saturated heterocycles. The van der Waals surface area contributed by atoms with Gasteiger partial charge in [0.15, 0.2) is 5.75 Å². The van der Waals surface area contributed by atoms with Gasteiger partial charge < -0.3 is 25.7 Å². The second-order valence-electron chi connectivity index (χ2n) is 4.05. The van der Waals surface area contributed by atoms with Crippen molar-refractivity contribution < 1.29 is 19.0 Å². The first-order valence-electron chi connectivity index (χ1n) is 6.14. The molecule has 20 heavy (non-hydrogen) atoms. The third-order valence-electron chi connectivity index (χ3n) is 2.44. The molecule has 4 N–H and O–H groups in total. The highest BCUT2D eigenvalue weighted by atomic mass is 35.5. The number of primary amides is 1. The molecule has 0 fully saturated rings. The van der Waals surface area contributed by atoms with Crippen LogP contribution in [0, 0.1) is 0 Å². The van der Waals surface area contributed by atoms with Crippen molar-refractivity contribution in [1.29, 1.82) is 0 Å². The first-order chi connectivity index (χ1) is 9.56. The lowest BCUT2D eigenvalue weighted by molar-refractivity contribution is 0.0799. The topological polar surface area (TPSA) is 96.8 Å². The fraction of sp³-hybridized carbons (Fsp3) is 0.462. The molecule has 0 aliphatic heterocycles. The summed E-state index contributed by atoms with van der Waals surface area (Å²) in [6.07, 6.45) is 0.811. The average Bonchev–Trinajstić information content (AvgIpc) is 2.39. The summed E-state index contributed by atoms with van der Waals surface area (Å²) in [5, 5.41) is 0.248. The molecular weight excluding hydrogens is 284 g/mol. The molecule has 0 unspecified atom stereocenters. The normalized spacial score (nSPS) is 10.5. The Bertz CT molecular complexity index is 454. The van der Waals surface area contributed by atoms with Crippen LogP contribution in [-0.2, 0) is 9.47 Å². The molecule has 0 atom stereocenters. The Morgan fingerprint density at radius 3 is 2.65 bits per heavy atom. The van der Waals surface area contributed by atoms with E-state index in [0.29, 0.717) is 25.5 Å². The number of hydrogen-bond donors (Lipinski definition) is 2. The molecule has 0 spiro atoms. The van der Waals surface area contributed by atoms with Crippen molar-refractivity contribution in [2.45, 2.75) is 6.42 Å². The smallest absolute Gasteiger partial charge is 0.252 e. The summed E-state index contributed by atoms with van der Waals surface area (Å²) in [6, 6.07) is 2.94. The molecule has 1 rings (SSSR count). The summed E-state index contributed by atoms with van der Waals surface area (Å²) < 4.78 is 15.7. The Kier molecular flexibility index (Phi) is 7.14. The molecule has 0 aliphatic rings. The van der Waals surface area contributed by atoms with E-state index in [2.05, 4.69) is 0 Å². The van der Waals surface area contributed by atoms with Crippen LogP contribution in [-0.4, -0.2) is 39.4 Å². The molecule has 0 aliphatic carbocycles. The molecular formula is C13H19ClN2O4. The Labute approximate surface area is 122 Å². The van der Waals surface area contributed by atoms with Gasteiger partial charge in [-0.2, -0.15) is 0 Å². The first-order valence-corrected chi connectivity index (χ1v) is 6.52. The van der Waals surface area contributed by atoms with E-state index in [0.717, 1.165) is 6.42 Å². The third-order valence-corrected chi connectivity index (χ3v) is 2.72. The quantitative estimate of drug-likeness (QED) is 0.531. The molecule has 0 radical (unpaired) electrons. The van der Waals surface area contributed by atoms with Gasteiger partial charge in [-0.1, -0.05) is 11.6 Å². The maximum atomic E-state index is 11.3. The third kappa shape index (κ3) is 5.24. The van der Waals surface area contributed by atoms with Crippen LogP contribution in [0.1, 0.15) is 16.8 Å². The maximum absolute atomic E-state index is 11.3. The van der Waals surface area contributed by atoms with Crippen LogP contribution in [0.5, 0.6) is 5.75 Å². The minimum absolute atomic E-state index is 0.161. The highest BCUT2D eigenvalue weighted by molar-refractivity contribution is 6.33. The van der Waals surface area contributed by atoms with E-state index in [4.69, 9.17) is 37.3 Å². The van der Waals surface area contributed by atoms with E-state index in [1.165, 1.54) is 12.1 Å². The van der Waals surface area contributed by atoms with Gasteiger partial charge >= 0.3 is 0 Å². The second kappa shape index (κ2) is 8.63. The van der Waals surface area contributed by atoms with E-state index in [1.54, 1.807) is 7.11 Å². The van der Waals surface area contributed by atoms with Gasteiger partial charge in [0, 0.05) is 26.0 Å². The van der Waals surface area contributed by atoms with Gasteiger partial charge in [0.25, 0.3) is 5.91 Å². The van der Waals surface area contributed by atoms with Crippen LogP contribution in [0.2, 0.25) is 5.02 Å². The SMILES string of the molecule is COCCCOCCOc1c(Cl)cc(N)cc1C(N)=O. The molecule has 1 amide bonds. The Balaban J connectivity index is 2.49. The first kappa shape index (κ1) is 16.6. The molecule has 7 heteroatoms. The van der Waals surface area contributed by atoms with Gasteiger partial charge in [-0.25, -0.2) is 0 Å². The van der Waals surface area contributed by atoms with Gasteiger partial charge in [0.1, 0.15) is 6.61 Å². The van der Waals surface area contributed by atoms with Crippen LogP contribution in [0.25, 0.3) is 0 Å². The van der Waals surface area contributed by atoms with Gasteiger partial charge in [-0.15, -0.1) is 0 Å². The number of halogens is 1. The second-order valence-corrected chi connectivity index (χ2v) is 4.46. The average molecular weight is 303 g/mol. The Morgan fingerprint density at radius 1 is 1.25 bits per heavy atom. The van der Waals surface area contributed by atoms with Crippen LogP contribution < -0.4 is 16.2 Å². The fourth-order valence-corrected chi connectivity index (χ4v) is 1.84. The number of nitrogen functional groups attached to an aromatic ring is 1. The van der Waals surface area contributed by atoms with Crippen LogP contribution in [0.3, 0.4) is 0 Å². The lowest BCUT2D eigenvalue weighted by Gasteiger charge is -2.12. The van der Waals surface area contributed by atoms with Crippen molar-refractivity contribution >= 4 is 23.2 Å².